The van der Waals surface area contributed by atoms with E-state index in [1.54, 1.807) is 26.0 Å². The predicted molar refractivity (Wildman–Crippen MR) is 104 cm³/mol. The Morgan fingerprint density at radius 3 is 2.22 bits per heavy atom. The van der Waals surface area contributed by atoms with Gasteiger partial charge < -0.3 is 4.90 Å². The van der Waals surface area contributed by atoms with Crippen molar-refractivity contribution in [3.8, 4) is 0 Å². The third-order valence-electron chi connectivity index (χ3n) is 4.59. The lowest BCUT2D eigenvalue weighted by Gasteiger charge is -2.24. The summed E-state index contributed by atoms with van der Waals surface area (Å²) < 4.78 is 42.5. The minimum absolute atomic E-state index is 0.0269. The van der Waals surface area contributed by atoms with E-state index in [9.17, 15) is 17.6 Å². The fourth-order valence-electron chi connectivity index (χ4n) is 3.54. The molecular weight excluding hydrogens is 367 g/mol. The molecule has 1 aliphatic carbocycles. The molecule has 0 atom stereocenters. The fraction of sp³-hybridized carbons (Fsp3) is 0.350. The van der Waals surface area contributed by atoms with E-state index in [0.717, 1.165) is 24.5 Å². The number of carbonyl (C=O) groups excluding carboxylic acids is 1. The van der Waals surface area contributed by atoms with Crippen LogP contribution in [0.2, 0.25) is 0 Å². The van der Waals surface area contributed by atoms with Crippen LogP contribution < -0.4 is 9.62 Å². The number of rotatable bonds is 5. The first-order valence-corrected chi connectivity index (χ1v) is 10.3. The van der Waals surface area contributed by atoms with Gasteiger partial charge >= 0.3 is 0 Å². The van der Waals surface area contributed by atoms with E-state index < -0.39 is 15.8 Å². The smallest absolute Gasteiger partial charge is 0.262 e. The maximum absolute atomic E-state index is 13.9. The average molecular weight is 390 g/mol. The molecule has 1 N–H and O–H groups in total. The molecule has 0 saturated heterocycles. The quantitative estimate of drug-likeness (QED) is 0.837. The molecule has 27 heavy (non-hydrogen) atoms. The van der Waals surface area contributed by atoms with Crippen LogP contribution in [-0.2, 0) is 14.8 Å². The van der Waals surface area contributed by atoms with Gasteiger partial charge in [0.15, 0.2) is 0 Å². The van der Waals surface area contributed by atoms with Crippen molar-refractivity contribution in [1.82, 2.24) is 0 Å². The zero-order valence-corrected chi connectivity index (χ0v) is 16.7. The molecule has 0 spiro atoms. The van der Waals surface area contributed by atoms with Crippen LogP contribution in [0.5, 0.6) is 0 Å². The van der Waals surface area contributed by atoms with Crippen LogP contribution in [0.3, 0.4) is 0 Å². The summed E-state index contributed by atoms with van der Waals surface area (Å²) >= 11 is 0. The molecule has 5 nitrogen and oxygen atoms in total. The number of hydrogen-bond donors (Lipinski definition) is 1. The van der Waals surface area contributed by atoms with Crippen molar-refractivity contribution in [3.63, 3.8) is 0 Å². The summed E-state index contributed by atoms with van der Waals surface area (Å²) in [6.45, 7) is 6.78. The van der Waals surface area contributed by atoms with Crippen molar-refractivity contribution in [2.45, 2.75) is 51.5 Å². The lowest BCUT2D eigenvalue weighted by Crippen LogP contribution is -2.32. The Labute approximate surface area is 159 Å². The van der Waals surface area contributed by atoms with Gasteiger partial charge in [-0.05, 0) is 56.9 Å². The number of amides is 1. The topological polar surface area (TPSA) is 66.5 Å². The number of anilines is 2. The highest BCUT2D eigenvalue weighted by atomic mass is 32.2. The Hall–Kier alpha value is -2.41. The number of carbonyl (C=O) groups is 1. The lowest BCUT2D eigenvalue weighted by atomic mass is 10.1. The molecule has 0 radical (unpaired) electrons. The third kappa shape index (κ3) is 3.98. The molecule has 0 heterocycles. The van der Waals surface area contributed by atoms with E-state index in [1.165, 1.54) is 24.0 Å². The maximum Gasteiger partial charge on any atom is 0.262 e. The minimum Gasteiger partial charge on any atom is -0.308 e. The van der Waals surface area contributed by atoms with E-state index in [4.69, 9.17) is 0 Å². The molecule has 0 aliphatic heterocycles. The highest BCUT2D eigenvalue weighted by Gasteiger charge is 2.34. The molecule has 0 bridgehead atoms. The summed E-state index contributed by atoms with van der Waals surface area (Å²) in [5, 5.41) is 0. The van der Waals surface area contributed by atoms with Gasteiger partial charge in [-0.25, -0.2) is 12.8 Å². The van der Waals surface area contributed by atoms with Gasteiger partial charge in [0, 0.05) is 19.0 Å². The van der Waals surface area contributed by atoms with Crippen molar-refractivity contribution < 1.29 is 17.6 Å². The van der Waals surface area contributed by atoms with Crippen LogP contribution in [0, 0.1) is 26.6 Å². The maximum atomic E-state index is 13.9. The zero-order valence-electron chi connectivity index (χ0n) is 15.8. The van der Waals surface area contributed by atoms with E-state index in [2.05, 4.69) is 4.72 Å². The van der Waals surface area contributed by atoms with E-state index in [1.807, 2.05) is 6.92 Å². The number of nitrogens with one attached hydrogen (secondary N) is 1. The molecule has 1 amide bonds. The molecule has 2 aromatic carbocycles. The summed E-state index contributed by atoms with van der Waals surface area (Å²) in [7, 11) is -3.95. The molecule has 1 saturated carbocycles. The number of aryl methyl sites for hydroxylation is 3. The van der Waals surface area contributed by atoms with Crippen LogP contribution in [0.25, 0.3) is 0 Å². The summed E-state index contributed by atoms with van der Waals surface area (Å²) in [5.41, 5.74) is 2.63. The molecule has 0 unspecified atom stereocenters. The van der Waals surface area contributed by atoms with Gasteiger partial charge in [0.25, 0.3) is 10.0 Å². The van der Waals surface area contributed by atoms with Crippen molar-refractivity contribution >= 4 is 27.3 Å². The lowest BCUT2D eigenvalue weighted by molar-refractivity contribution is -0.116. The largest absolute Gasteiger partial charge is 0.308 e. The van der Waals surface area contributed by atoms with Crippen LogP contribution in [0.1, 0.15) is 36.5 Å². The molecule has 144 valence electrons. The first-order chi connectivity index (χ1) is 12.6. The fourth-order valence-corrected chi connectivity index (χ4v) is 5.06. The molecule has 2 aromatic rings. The van der Waals surface area contributed by atoms with Crippen LogP contribution >= 0.6 is 0 Å². The molecular formula is C20H23FN2O3S. The number of nitrogens with zero attached hydrogens (tertiary/aromatic N) is 1. The highest BCUT2D eigenvalue weighted by molar-refractivity contribution is 7.92. The van der Waals surface area contributed by atoms with Gasteiger partial charge in [-0.1, -0.05) is 17.7 Å². The number of halogens is 1. The standard InChI is InChI=1S/C20H23FN2O3S/c1-12-9-13(2)20(14(3)10-12)27(25,26)22-18-11-16(21)5-8-19(18)23(15(4)24)17-6-7-17/h5,8-11,17,22H,6-7H2,1-4H3. The highest BCUT2D eigenvalue weighted by Crippen LogP contribution is 2.37. The van der Waals surface area contributed by atoms with Gasteiger partial charge in [-0.2, -0.15) is 0 Å². The van der Waals surface area contributed by atoms with E-state index >= 15 is 0 Å². The Bertz CT molecular complexity index is 991. The zero-order chi connectivity index (χ0) is 19.9. The first kappa shape index (κ1) is 19.4. The van der Waals surface area contributed by atoms with Gasteiger partial charge in [-0.3, -0.25) is 9.52 Å². The normalized spacial score (nSPS) is 14.1. The summed E-state index contributed by atoms with van der Waals surface area (Å²) in [6.07, 6.45) is 1.69. The van der Waals surface area contributed by atoms with E-state index in [-0.39, 0.29) is 22.5 Å². The Morgan fingerprint density at radius 2 is 1.70 bits per heavy atom. The monoisotopic (exact) mass is 390 g/mol. The summed E-state index contributed by atoms with van der Waals surface area (Å²) in [6, 6.07) is 7.40. The Balaban J connectivity index is 2.07. The average Bonchev–Trinajstić information content (AvgIpc) is 3.32. The first-order valence-electron chi connectivity index (χ1n) is 8.80. The number of benzene rings is 2. The summed E-state index contributed by atoms with van der Waals surface area (Å²) in [5.74, 6) is -0.777. The Morgan fingerprint density at radius 1 is 1.11 bits per heavy atom. The third-order valence-corrected chi connectivity index (χ3v) is 6.26. The summed E-state index contributed by atoms with van der Waals surface area (Å²) in [4.78, 5) is 13.8. The molecule has 3 rings (SSSR count). The minimum atomic E-state index is -3.95. The molecule has 7 heteroatoms. The van der Waals surface area contributed by atoms with Crippen molar-refractivity contribution in [2.24, 2.45) is 0 Å². The van der Waals surface area contributed by atoms with Gasteiger partial charge in [0.05, 0.1) is 16.3 Å². The van der Waals surface area contributed by atoms with Crippen LogP contribution in [-0.4, -0.2) is 20.4 Å². The SMILES string of the molecule is CC(=O)N(c1ccc(F)cc1NS(=O)(=O)c1c(C)cc(C)cc1C)C1CC1. The molecule has 1 fully saturated rings. The van der Waals surface area contributed by atoms with Crippen LogP contribution in [0.4, 0.5) is 15.8 Å². The van der Waals surface area contributed by atoms with Crippen molar-refractivity contribution in [2.75, 3.05) is 9.62 Å². The van der Waals surface area contributed by atoms with Crippen molar-refractivity contribution in [1.29, 1.82) is 0 Å². The van der Waals surface area contributed by atoms with Crippen LogP contribution in [0.15, 0.2) is 35.2 Å². The van der Waals surface area contributed by atoms with Crippen molar-refractivity contribution in [3.05, 3.63) is 52.8 Å². The molecule has 0 aromatic heterocycles. The second-order valence-corrected chi connectivity index (χ2v) is 8.73. The second-order valence-electron chi connectivity index (χ2n) is 7.12. The van der Waals surface area contributed by atoms with Gasteiger partial charge in [-0.15, -0.1) is 0 Å². The Kier molecular flexibility index (Phi) is 4.99. The predicted octanol–water partition coefficient (Wildman–Crippen LogP) is 4.07. The number of sulfonamides is 1. The second kappa shape index (κ2) is 6.96. The van der Waals surface area contributed by atoms with Gasteiger partial charge in [0.1, 0.15) is 5.82 Å². The number of hydrogen-bond acceptors (Lipinski definition) is 3. The molecule has 1 aliphatic rings. The van der Waals surface area contributed by atoms with Gasteiger partial charge in [0.2, 0.25) is 5.91 Å². The van der Waals surface area contributed by atoms with E-state index in [0.29, 0.717) is 16.8 Å².